The average molecular weight is 573 g/mol. The molecule has 0 saturated heterocycles. The Bertz CT molecular complexity index is 2210. The zero-order valence-electron chi connectivity index (χ0n) is 24.9. The van der Waals surface area contributed by atoms with Gasteiger partial charge in [0.15, 0.2) is 0 Å². The summed E-state index contributed by atoms with van der Waals surface area (Å²) in [6.07, 6.45) is 11.0. The van der Waals surface area contributed by atoms with Crippen molar-refractivity contribution in [2.24, 2.45) is 17.2 Å². The maximum Gasteiger partial charge on any atom is 0.0619 e. The third-order valence-corrected chi connectivity index (χ3v) is 8.33. The number of aromatic nitrogens is 1. The number of fused-ring (bicyclic) bond motifs is 6. The molecule has 0 atom stereocenters. The second-order valence-electron chi connectivity index (χ2n) is 10.9. The van der Waals surface area contributed by atoms with Gasteiger partial charge in [-0.25, -0.2) is 0 Å². The molecule has 0 radical (unpaired) electrons. The average Bonchev–Trinajstić information content (AvgIpc) is 3.39. The maximum absolute atomic E-state index is 6.15. The first-order valence-electron chi connectivity index (χ1n) is 14.7. The van der Waals surface area contributed by atoms with Crippen molar-refractivity contribution in [1.29, 1.82) is 0 Å². The predicted molar refractivity (Wildman–Crippen MR) is 191 cm³/mol. The fourth-order valence-electron chi connectivity index (χ4n) is 6.03. The second kappa shape index (κ2) is 12.0. The summed E-state index contributed by atoms with van der Waals surface area (Å²) < 4.78 is 2.40. The molecular weight excluding hydrogens is 536 g/mol. The lowest BCUT2D eigenvalue weighted by molar-refractivity contribution is 1.20. The highest BCUT2D eigenvalue weighted by Crippen LogP contribution is 2.40. The Morgan fingerprint density at radius 3 is 2.20 bits per heavy atom. The van der Waals surface area contributed by atoms with Gasteiger partial charge in [0.2, 0.25) is 0 Å². The summed E-state index contributed by atoms with van der Waals surface area (Å²) in [5, 5.41) is 7.01. The Labute approximate surface area is 258 Å². The highest BCUT2D eigenvalue weighted by Gasteiger charge is 2.18. The van der Waals surface area contributed by atoms with E-state index in [2.05, 4.69) is 115 Å². The van der Waals surface area contributed by atoms with Crippen LogP contribution in [0.3, 0.4) is 0 Å². The number of nitrogens with two attached hydrogens (primary N) is 3. The molecule has 0 aliphatic rings. The van der Waals surface area contributed by atoms with Crippen molar-refractivity contribution in [1.82, 2.24) is 4.57 Å². The van der Waals surface area contributed by atoms with Crippen LogP contribution < -0.4 is 17.2 Å². The van der Waals surface area contributed by atoms with E-state index in [0.717, 1.165) is 60.9 Å². The van der Waals surface area contributed by atoms with E-state index < -0.39 is 0 Å². The minimum absolute atomic E-state index is 0.473. The highest BCUT2D eigenvalue weighted by atomic mass is 15.0. The summed E-state index contributed by atoms with van der Waals surface area (Å²) in [7, 11) is 0. The molecule has 44 heavy (non-hydrogen) atoms. The van der Waals surface area contributed by atoms with Crippen LogP contribution >= 0.6 is 0 Å². The Balaban J connectivity index is 1.64. The van der Waals surface area contributed by atoms with Crippen LogP contribution in [0.4, 0.5) is 0 Å². The van der Waals surface area contributed by atoms with E-state index in [0.29, 0.717) is 6.54 Å². The van der Waals surface area contributed by atoms with Crippen LogP contribution in [0.1, 0.15) is 18.1 Å². The molecule has 4 heteroatoms. The zero-order chi connectivity index (χ0) is 30.8. The van der Waals surface area contributed by atoms with Crippen LogP contribution in [0.2, 0.25) is 0 Å². The van der Waals surface area contributed by atoms with Gasteiger partial charge in [-0.2, -0.15) is 0 Å². The van der Waals surface area contributed by atoms with Gasteiger partial charge >= 0.3 is 0 Å². The summed E-state index contributed by atoms with van der Waals surface area (Å²) in [4.78, 5) is 0. The van der Waals surface area contributed by atoms with Gasteiger partial charge in [0.1, 0.15) is 0 Å². The summed E-state index contributed by atoms with van der Waals surface area (Å²) in [5.74, 6) is 0. The minimum Gasteiger partial charge on any atom is -0.404 e. The largest absolute Gasteiger partial charge is 0.404 e. The van der Waals surface area contributed by atoms with Gasteiger partial charge in [-0.3, -0.25) is 0 Å². The van der Waals surface area contributed by atoms with Crippen molar-refractivity contribution in [2.75, 3.05) is 6.54 Å². The van der Waals surface area contributed by atoms with Gasteiger partial charge in [-0.1, -0.05) is 104 Å². The molecule has 216 valence electrons. The number of rotatable bonds is 8. The smallest absolute Gasteiger partial charge is 0.0619 e. The molecule has 0 aliphatic carbocycles. The maximum atomic E-state index is 6.15. The molecule has 6 rings (SSSR count). The third-order valence-electron chi connectivity index (χ3n) is 8.33. The molecular formula is C40H36N4. The molecule has 0 bridgehead atoms. The summed E-state index contributed by atoms with van der Waals surface area (Å²) in [6, 6.07) is 32.5. The fraction of sp³-hybridized carbons (Fsp3) is 0.0500. The van der Waals surface area contributed by atoms with Gasteiger partial charge in [0.05, 0.1) is 16.7 Å². The van der Waals surface area contributed by atoms with Gasteiger partial charge in [-0.15, -0.1) is 0 Å². The number of nitrogens with zero attached hydrogens (tertiary/aromatic N) is 1. The molecule has 1 heterocycles. The number of benzene rings is 5. The fourth-order valence-corrected chi connectivity index (χ4v) is 6.03. The van der Waals surface area contributed by atoms with Gasteiger partial charge in [0, 0.05) is 40.5 Å². The predicted octanol–water partition coefficient (Wildman–Crippen LogP) is 8.89. The van der Waals surface area contributed by atoms with E-state index in [4.69, 9.17) is 17.2 Å². The number of allylic oxidation sites excluding steroid dienone is 7. The number of hydrogen-bond acceptors (Lipinski definition) is 3. The normalized spacial score (nSPS) is 13.1. The van der Waals surface area contributed by atoms with E-state index in [9.17, 15) is 0 Å². The van der Waals surface area contributed by atoms with Crippen molar-refractivity contribution < 1.29 is 0 Å². The molecule has 5 aromatic carbocycles. The summed E-state index contributed by atoms with van der Waals surface area (Å²) in [5.41, 5.74) is 27.0. The quantitative estimate of drug-likeness (QED) is 0.159. The SMILES string of the molecule is C=C/C(=C\N)c1ccc2c3ccc4cc(C(/C=C(\C)C(=C)/C=C\CN)=C/N)ccc4c3n(-c3cccc4ccccc34)c2c1. The van der Waals surface area contributed by atoms with Gasteiger partial charge in [-0.05, 0) is 75.4 Å². The van der Waals surface area contributed by atoms with Crippen molar-refractivity contribution in [2.45, 2.75) is 6.92 Å². The lowest BCUT2D eigenvalue weighted by Crippen LogP contribution is -1.97. The minimum atomic E-state index is 0.473. The first kappa shape index (κ1) is 28.5. The highest BCUT2D eigenvalue weighted by molar-refractivity contribution is 6.20. The first-order valence-corrected chi connectivity index (χ1v) is 14.7. The summed E-state index contributed by atoms with van der Waals surface area (Å²) in [6.45, 7) is 10.7. The van der Waals surface area contributed by atoms with E-state index in [1.165, 1.54) is 21.5 Å². The Kier molecular flexibility index (Phi) is 7.76. The molecule has 6 aromatic rings. The molecule has 0 aliphatic heterocycles. The van der Waals surface area contributed by atoms with Gasteiger partial charge < -0.3 is 21.8 Å². The van der Waals surface area contributed by atoms with Gasteiger partial charge in [0.25, 0.3) is 0 Å². The van der Waals surface area contributed by atoms with E-state index >= 15 is 0 Å². The van der Waals surface area contributed by atoms with Crippen LogP contribution in [0.15, 0.2) is 152 Å². The van der Waals surface area contributed by atoms with Crippen LogP contribution in [-0.2, 0) is 0 Å². The number of hydrogen-bond donors (Lipinski definition) is 3. The Morgan fingerprint density at radius 1 is 0.750 bits per heavy atom. The van der Waals surface area contributed by atoms with E-state index in [1.54, 1.807) is 18.5 Å². The van der Waals surface area contributed by atoms with Crippen molar-refractivity contribution in [3.05, 3.63) is 163 Å². The standard InChI is InChI=1S/C40H36N4/c1-4-28(24-42)31-15-18-36-37-19-16-32-22-30(33(25-43)21-27(3)26(2)9-8-20-41)14-17-35(32)40(37)44(39(36)23-31)38-13-7-11-29-10-5-6-12-34(29)38/h4-19,21-25H,1-2,20,41-43H2,3H3/b9-8-,27-21+,28-24+,33-25+. The molecule has 0 amide bonds. The Hall–Kier alpha value is -5.58. The lowest BCUT2D eigenvalue weighted by Gasteiger charge is -2.14. The van der Waals surface area contributed by atoms with E-state index in [-0.39, 0.29) is 0 Å². The van der Waals surface area contributed by atoms with Crippen molar-refractivity contribution >= 4 is 54.5 Å². The molecule has 0 saturated carbocycles. The topological polar surface area (TPSA) is 83.0 Å². The van der Waals surface area contributed by atoms with Crippen molar-refractivity contribution in [3.63, 3.8) is 0 Å². The van der Waals surface area contributed by atoms with Crippen molar-refractivity contribution in [3.8, 4) is 5.69 Å². The molecule has 1 aromatic heterocycles. The third kappa shape index (κ3) is 4.91. The molecule has 0 unspecified atom stereocenters. The second-order valence-corrected chi connectivity index (χ2v) is 10.9. The molecule has 4 nitrogen and oxygen atoms in total. The Morgan fingerprint density at radius 2 is 1.45 bits per heavy atom. The van der Waals surface area contributed by atoms with E-state index in [1.807, 2.05) is 19.1 Å². The molecule has 6 N–H and O–H groups in total. The van der Waals surface area contributed by atoms with Crippen LogP contribution in [0, 0.1) is 0 Å². The first-order chi connectivity index (χ1) is 21.5. The molecule has 0 spiro atoms. The summed E-state index contributed by atoms with van der Waals surface area (Å²) >= 11 is 0. The molecule has 0 fully saturated rings. The lowest BCUT2D eigenvalue weighted by atomic mass is 9.97. The van der Waals surface area contributed by atoms with Crippen LogP contribution in [-0.4, -0.2) is 11.1 Å². The van der Waals surface area contributed by atoms with Crippen LogP contribution in [0.5, 0.6) is 0 Å². The van der Waals surface area contributed by atoms with Crippen LogP contribution in [0.25, 0.3) is 60.2 Å². The monoisotopic (exact) mass is 572 g/mol. The zero-order valence-corrected chi connectivity index (χ0v) is 24.9.